The predicted octanol–water partition coefficient (Wildman–Crippen LogP) is 1.18. The maximum absolute atomic E-state index is 13.2. The molecular weight excluding hydrogens is 299 g/mol. The lowest BCUT2D eigenvalue weighted by Crippen LogP contribution is -2.29. The molecule has 0 amide bonds. The lowest BCUT2D eigenvalue weighted by molar-refractivity contribution is -0.137. The lowest BCUT2D eigenvalue weighted by Gasteiger charge is -2.16. The van der Waals surface area contributed by atoms with Crippen molar-refractivity contribution in [2.75, 3.05) is 13.1 Å². The molecule has 1 unspecified atom stereocenters. The molecule has 0 spiro atoms. The predicted molar refractivity (Wildman–Crippen MR) is 70.2 cm³/mol. The Balaban J connectivity index is 2.24. The van der Waals surface area contributed by atoms with Gasteiger partial charge in [0.05, 0.1) is 10.5 Å². The Morgan fingerprint density at radius 3 is 2.86 bits per heavy atom. The molecule has 0 bridgehead atoms. The minimum atomic E-state index is -3.83. The number of carboxylic acids is 1. The summed E-state index contributed by atoms with van der Waals surface area (Å²) in [5, 5.41) is 17.5. The smallest absolute Gasteiger partial charge is 0.303 e. The molecular formula is C13H13FN2O4S. The molecule has 1 aliphatic rings. The molecule has 21 heavy (non-hydrogen) atoms. The summed E-state index contributed by atoms with van der Waals surface area (Å²) in [6.07, 6.45) is 0.386. The Morgan fingerprint density at radius 2 is 2.24 bits per heavy atom. The number of hydrogen-bond donors (Lipinski definition) is 1. The fourth-order valence-corrected chi connectivity index (χ4v) is 3.89. The zero-order valence-corrected chi connectivity index (χ0v) is 11.8. The molecule has 0 aromatic heterocycles. The van der Waals surface area contributed by atoms with Crippen molar-refractivity contribution in [3.63, 3.8) is 0 Å². The van der Waals surface area contributed by atoms with Crippen molar-refractivity contribution in [1.29, 1.82) is 5.26 Å². The van der Waals surface area contributed by atoms with E-state index >= 15 is 0 Å². The highest BCUT2D eigenvalue weighted by atomic mass is 32.2. The van der Waals surface area contributed by atoms with E-state index in [1.807, 2.05) is 0 Å². The van der Waals surface area contributed by atoms with E-state index in [1.54, 1.807) is 6.07 Å². The molecule has 8 heteroatoms. The van der Waals surface area contributed by atoms with Crippen LogP contribution in [0.2, 0.25) is 0 Å². The molecule has 2 rings (SSSR count). The van der Waals surface area contributed by atoms with Crippen LogP contribution in [0.3, 0.4) is 0 Å². The van der Waals surface area contributed by atoms with Crippen molar-refractivity contribution in [2.24, 2.45) is 5.92 Å². The molecule has 0 saturated carbocycles. The second-order valence-corrected chi connectivity index (χ2v) is 6.81. The third-order valence-corrected chi connectivity index (χ3v) is 5.27. The zero-order chi connectivity index (χ0) is 15.6. The monoisotopic (exact) mass is 312 g/mol. The van der Waals surface area contributed by atoms with Crippen molar-refractivity contribution in [1.82, 2.24) is 4.31 Å². The van der Waals surface area contributed by atoms with Gasteiger partial charge in [-0.3, -0.25) is 4.79 Å². The number of nitrogens with zero attached hydrogens (tertiary/aromatic N) is 2. The van der Waals surface area contributed by atoms with Crippen LogP contribution in [0.25, 0.3) is 0 Å². The highest BCUT2D eigenvalue weighted by molar-refractivity contribution is 7.89. The van der Waals surface area contributed by atoms with Gasteiger partial charge in [0, 0.05) is 19.5 Å². The summed E-state index contributed by atoms with van der Waals surface area (Å²) in [6.45, 7) is 0.341. The molecule has 1 aromatic rings. The van der Waals surface area contributed by atoms with Gasteiger partial charge in [-0.25, -0.2) is 12.8 Å². The highest BCUT2D eigenvalue weighted by Crippen LogP contribution is 2.27. The lowest BCUT2D eigenvalue weighted by atomic mass is 10.1. The van der Waals surface area contributed by atoms with Crippen LogP contribution in [-0.4, -0.2) is 36.9 Å². The molecule has 1 aromatic carbocycles. The maximum Gasteiger partial charge on any atom is 0.303 e. The van der Waals surface area contributed by atoms with Crippen molar-refractivity contribution in [3.05, 3.63) is 29.6 Å². The van der Waals surface area contributed by atoms with Crippen LogP contribution in [0.4, 0.5) is 4.39 Å². The molecule has 0 aliphatic carbocycles. The molecule has 1 aliphatic heterocycles. The molecule has 1 fully saturated rings. The average molecular weight is 312 g/mol. The minimum Gasteiger partial charge on any atom is -0.481 e. The van der Waals surface area contributed by atoms with Crippen molar-refractivity contribution in [2.45, 2.75) is 17.7 Å². The minimum absolute atomic E-state index is 0.0844. The third kappa shape index (κ3) is 3.20. The van der Waals surface area contributed by atoms with Crippen LogP contribution in [0.5, 0.6) is 0 Å². The van der Waals surface area contributed by atoms with Gasteiger partial charge in [-0.1, -0.05) is 0 Å². The number of rotatable bonds is 4. The van der Waals surface area contributed by atoms with Crippen LogP contribution >= 0.6 is 0 Å². The second kappa shape index (κ2) is 5.79. The number of sulfonamides is 1. The number of carbonyl (C=O) groups is 1. The Labute approximate surface area is 121 Å². The Bertz CT molecular complexity index is 711. The van der Waals surface area contributed by atoms with E-state index in [9.17, 15) is 17.6 Å². The molecule has 1 heterocycles. The molecule has 1 saturated heterocycles. The van der Waals surface area contributed by atoms with E-state index in [2.05, 4.69) is 0 Å². The summed E-state index contributed by atoms with van der Waals surface area (Å²) in [6, 6.07) is 4.64. The van der Waals surface area contributed by atoms with E-state index in [0.717, 1.165) is 18.2 Å². The molecule has 0 radical (unpaired) electrons. The summed E-state index contributed by atoms with van der Waals surface area (Å²) in [5.74, 6) is -1.97. The number of aliphatic carboxylic acids is 1. The van der Waals surface area contributed by atoms with Crippen LogP contribution < -0.4 is 0 Å². The summed E-state index contributed by atoms with van der Waals surface area (Å²) in [4.78, 5) is 10.5. The first-order valence-electron chi connectivity index (χ1n) is 6.26. The quantitative estimate of drug-likeness (QED) is 0.900. The summed E-state index contributed by atoms with van der Waals surface area (Å²) in [5.41, 5.74) is -0.336. The molecule has 1 atom stereocenters. The van der Waals surface area contributed by atoms with Gasteiger partial charge < -0.3 is 5.11 Å². The first-order valence-corrected chi connectivity index (χ1v) is 7.70. The summed E-state index contributed by atoms with van der Waals surface area (Å²) in [7, 11) is -3.83. The number of hydrogen-bond acceptors (Lipinski definition) is 4. The third-order valence-electron chi connectivity index (χ3n) is 3.41. The number of nitriles is 1. The summed E-state index contributed by atoms with van der Waals surface area (Å²) >= 11 is 0. The van der Waals surface area contributed by atoms with E-state index in [0.29, 0.717) is 6.42 Å². The highest BCUT2D eigenvalue weighted by Gasteiger charge is 2.33. The second-order valence-electron chi connectivity index (χ2n) is 4.87. The molecule has 6 nitrogen and oxygen atoms in total. The van der Waals surface area contributed by atoms with Crippen LogP contribution in [0.1, 0.15) is 18.4 Å². The summed E-state index contributed by atoms with van der Waals surface area (Å²) < 4.78 is 39.2. The van der Waals surface area contributed by atoms with Gasteiger partial charge in [0.15, 0.2) is 0 Å². The van der Waals surface area contributed by atoms with Gasteiger partial charge in [-0.2, -0.15) is 9.57 Å². The fraction of sp³-hybridized carbons (Fsp3) is 0.385. The number of halogens is 1. The van der Waals surface area contributed by atoms with Crippen molar-refractivity contribution in [3.8, 4) is 6.07 Å². The first-order chi connectivity index (χ1) is 9.84. The van der Waals surface area contributed by atoms with Gasteiger partial charge in [0.2, 0.25) is 10.0 Å². The van der Waals surface area contributed by atoms with E-state index < -0.39 is 21.8 Å². The average Bonchev–Trinajstić information content (AvgIpc) is 2.87. The number of carboxylic acid groups (broad SMARTS) is 1. The van der Waals surface area contributed by atoms with Gasteiger partial charge in [-0.15, -0.1) is 0 Å². The largest absolute Gasteiger partial charge is 0.481 e. The van der Waals surface area contributed by atoms with Gasteiger partial charge in [0.1, 0.15) is 11.9 Å². The molecule has 112 valence electrons. The zero-order valence-electron chi connectivity index (χ0n) is 11.0. The van der Waals surface area contributed by atoms with Crippen molar-refractivity contribution >= 4 is 16.0 Å². The standard InChI is InChI=1S/C13H13FN2O4S/c14-12-2-1-11(6-10(12)7-15)21(19,20)16-4-3-9(8-16)5-13(17)18/h1-2,6,9H,3-5,8H2,(H,17,18). The van der Waals surface area contributed by atoms with Gasteiger partial charge >= 0.3 is 5.97 Å². The SMILES string of the molecule is N#Cc1cc(S(=O)(=O)N2CCC(CC(=O)O)C2)ccc1F. The van der Waals surface area contributed by atoms with Crippen LogP contribution in [0.15, 0.2) is 23.1 Å². The van der Waals surface area contributed by atoms with Crippen molar-refractivity contribution < 1.29 is 22.7 Å². The van der Waals surface area contributed by atoms with Gasteiger partial charge in [-0.05, 0) is 30.5 Å². The van der Waals surface area contributed by atoms with Gasteiger partial charge in [0.25, 0.3) is 0 Å². The van der Waals surface area contributed by atoms with E-state index in [1.165, 1.54) is 4.31 Å². The first kappa shape index (κ1) is 15.4. The van der Waals surface area contributed by atoms with E-state index in [4.69, 9.17) is 10.4 Å². The Kier molecular flexibility index (Phi) is 4.25. The number of benzene rings is 1. The fourth-order valence-electron chi connectivity index (χ4n) is 2.33. The maximum atomic E-state index is 13.2. The van der Waals surface area contributed by atoms with Crippen LogP contribution in [0, 0.1) is 23.1 Å². The van der Waals surface area contributed by atoms with Crippen LogP contribution in [-0.2, 0) is 14.8 Å². The Morgan fingerprint density at radius 1 is 1.52 bits per heavy atom. The molecule has 1 N–H and O–H groups in total. The topological polar surface area (TPSA) is 98.5 Å². The Hall–Kier alpha value is -1.98. The normalized spacial score (nSPS) is 19.3. The van der Waals surface area contributed by atoms with E-state index in [-0.39, 0.29) is 35.9 Å².